The highest BCUT2D eigenvalue weighted by atomic mass is 16.7. The molecule has 1 saturated heterocycles. The van der Waals surface area contributed by atoms with Crippen LogP contribution in [0.3, 0.4) is 0 Å². The van der Waals surface area contributed by atoms with Gasteiger partial charge >= 0.3 is 6.09 Å². The predicted molar refractivity (Wildman–Crippen MR) is 64.6 cm³/mol. The van der Waals surface area contributed by atoms with Crippen molar-refractivity contribution in [1.82, 2.24) is 4.90 Å². The lowest BCUT2D eigenvalue weighted by molar-refractivity contribution is -0.228. The molecular formula is C12H18N2O5. The summed E-state index contributed by atoms with van der Waals surface area (Å²) < 4.78 is 5.24. The molecule has 106 valence electrons. The summed E-state index contributed by atoms with van der Waals surface area (Å²) in [6.45, 7) is 4.41. The molecule has 2 N–H and O–H groups in total. The molecule has 2 fully saturated rings. The number of oxime groups is 1. The smallest absolute Gasteiger partial charge is 0.407 e. The fourth-order valence-electron chi connectivity index (χ4n) is 3.32. The Kier molecular flexibility index (Phi) is 2.41. The van der Waals surface area contributed by atoms with E-state index in [1.165, 1.54) is 12.0 Å². The van der Waals surface area contributed by atoms with E-state index in [9.17, 15) is 9.90 Å². The van der Waals surface area contributed by atoms with Crippen LogP contribution in [0.25, 0.3) is 0 Å². The number of rotatable bonds is 2. The van der Waals surface area contributed by atoms with Gasteiger partial charge in [0.05, 0.1) is 0 Å². The number of methoxy groups -OCH3 is 1. The Labute approximate surface area is 110 Å². The van der Waals surface area contributed by atoms with E-state index in [4.69, 9.17) is 14.7 Å². The van der Waals surface area contributed by atoms with Crippen LogP contribution < -0.4 is 0 Å². The van der Waals surface area contributed by atoms with Gasteiger partial charge in [0, 0.05) is 26.1 Å². The molecule has 0 aromatic carbocycles. The van der Waals surface area contributed by atoms with E-state index in [1.807, 2.05) is 0 Å². The molecule has 1 amide bonds. The highest BCUT2D eigenvalue weighted by molar-refractivity contribution is 5.97. The van der Waals surface area contributed by atoms with Gasteiger partial charge in [0.2, 0.25) is 0 Å². The lowest BCUT2D eigenvalue weighted by Gasteiger charge is -2.33. The molecule has 3 aliphatic rings. The third-order valence-electron chi connectivity index (χ3n) is 4.61. The standard InChI is InChI=1S/C12H18N2O5/c1-11(2)12(17,18-3)9(13-19-11)8-6-4-14(10(15)16)5-7(6)8/h6-8,17H,4-5H2,1-3H3,(H,15,16). The van der Waals surface area contributed by atoms with Crippen molar-refractivity contribution in [3.05, 3.63) is 0 Å². The molecule has 0 aromatic heterocycles. The van der Waals surface area contributed by atoms with Crippen molar-refractivity contribution in [3.63, 3.8) is 0 Å². The Morgan fingerprint density at radius 1 is 1.47 bits per heavy atom. The van der Waals surface area contributed by atoms with Crippen LogP contribution >= 0.6 is 0 Å². The monoisotopic (exact) mass is 270 g/mol. The Bertz CT molecular complexity index is 451. The minimum Gasteiger partial charge on any atom is -0.465 e. The first-order chi connectivity index (χ1) is 8.82. The molecule has 0 radical (unpaired) electrons. The topological polar surface area (TPSA) is 91.6 Å². The largest absolute Gasteiger partial charge is 0.465 e. The highest BCUT2D eigenvalue weighted by Crippen LogP contribution is 2.56. The van der Waals surface area contributed by atoms with Crippen LogP contribution in [0.15, 0.2) is 5.16 Å². The molecule has 7 nitrogen and oxygen atoms in total. The van der Waals surface area contributed by atoms with E-state index < -0.39 is 17.5 Å². The molecule has 2 aliphatic heterocycles. The second-order valence-corrected chi connectivity index (χ2v) is 5.97. The van der Waals surface area contributed by atoms with E-state index in [-0.39, 0.29) is 17.8 Å². The van der Waals surface area contributed by atoms with Gasteiger partial charge in [0.15, 0.2) is 5.60 Å². The van der Waals surface area contributed by atoms with E-state index >= 15 is 0 Å². The summed E-state index contributed by atoms with van der Waals surface area (Å²) in [5, 5.41) is 23.6. The van der Waals surface area contributed by atoms with Crippen LogP contribution in [0.4, 0.5) is 4.79 Å². The number of carboxylic acid groups (broad SMARTS) is 1. The maximum atomic E-state index is 10.9. The molecule has 3 unspecified atom stereocenters. The number of hydrogen-bond donors (Lipinski definition) is 2. The SMILES string of the molecule is COC1(O)C(C2C3CN(C(=O)O)CC32)=NOC1(C)C. The molecule has 0 spiro atoms. The van der Waals surface area contributed by atoms with Crippen LogP contribution in [0.1, 0.15) is 13.8 Å². The van der Waals surface area contributed by atoms with Crippen molar-refractivity contribution < 1.29 is 24.6 Å². The summed E-state index contributed by atoms with van der Waals surface area (Å²) in [7, 11) is 1.42. The van der Waals surface area contributed by atoms with Gasteiger partial charge in [-0.15, -0.1) is 0 Å². The van der Waals surface area contributed by atoms with E-state index in [0.717, 1.165) is 0 Å². The van der Waals surface area contributed by atoms with Gasteiger partial charge in [0.25, 0.3) is 5.79 Å². The van der Waals surface area contributed by atoms with Gasteiger partial charge in [-0.3, -0.25) is 0 Å². The lowest BCUT2D eigenvalue weighted by atomic mass is 9.90. The van der Waals surface area contributed by atoms with E-state index in [0.29, 0.717) is 18.8 Å². The quantitative estimate of drug-likeness (QED) is 0.706. The van der Waals surface area contributed by atoms with Crippen molar-refractivity contribution in [2.75, 3.05) is 20.2 Å². The molecule has 0 aromatic rings. The Hall–Kier alpha value is -1.34. The summed E-state index contributed by atoms with van der Waals surface area (Å²) in [4.78, 5) is 17.6. The maximum absolute atomic E-state index is 10.9. The second-order valence-electron chi connectivity index (χ2n) is 5.97. The molecule has 7 heteroatoms. The zero-order valence-corrected chi connectivity index (χ0v) is 11.2. The first kappa shape index (κ1) is 12.7. The summed E-state index contributed by atoms with van der Waals surface area (Å²) >= 11 is 0. The summed E-state index contributed by atoms with van der Waals surface area (Å²) in [5.41, 5.74) is -0.430. The van der Waals surface area contributed by atoms with Crippen molar-refractivity contribution in [2.24, 2.45) is 22.9 Å². The van der Waals surface area contributed by atoms with Crippen LogP contribution in [0.5, 0.6) is 0 Å². The summed E-state index contributed by atoms with van der Waals surface area (Å²) in [5.74, 6) is -1.04. The Balaban J connectivity index is 1.76. The first-order valence-corrected chi connectivity index (χ1v) is 6.34. The maximum Gasteiger partial charge on any atom is 0.407 e. The number of amides is 1. The normalized spacial score (nSPS) is 42.6. The van der Waals surface area contributed by atoms with Gasteiger partial charge in [-0.1, -0.05) is 5.16 Å². The Morgan fingerprint density at radius 2 is 2.05 bits per heavy atom. The minimum absolute atomic E-state index is 0.0577. The number of piperidine rings is 1. The molecule has 1 aliphatic carbocycles. The summed E-state index contributed by atoms with van der Waals surface area (Å²) in [6.07, 6.45) is -0.891. The Morgan fingerprint density at radius 3 is 2.53 bits per heavy atom. The van der Waals surface area contributed by atoms with Gasteiger partial charge in [-0.05, 0) is 25.7 Å². The van der Waals surface area contributed by atoms with Crippen LogP contribution in [-0.2, 0) is 9.57 Å². The summed E-state index contributed by atoms with van der Waals surface area (Å²) in [6, 6.07) is 0. The molecule has 3 atom stereocenters. The third kappa shape index (κ3) is 1.51. The highest BCUT2D eigenvalue weighted by Gasteiger charge is 2.68. The lowest BCUT2D eigenvalue weighted by Crippen LogP contribution is -2.55. The van der Waals surface area contributed by atoms with E-state index in [1.54, 1.807) is 13.8 Å². The van der Waals surface area contributed by atoms with Crippen LogP contribution in [-0.4, -0.2) is 58.5 Å². The number of likely N-dealkylation sites (tertiary alicyclic amines) is 1. The van der Waals surface area contributed by atoms with Crippen molar-refractivity contribution >= 4 is 11.8 Å². The molecular weight excluding hydrogens is 252 g/mol. The molecule has 1 saturated carbocycles. The van der Waals surface area contributed by atoms with Crippen LogP contribution in [0, 0.1) is 17.8 Å². The zero-order valence-electron chi connectivity index (χ0n) is 11.2. The zero-order chi connectivity index (χ0) is 14.0. The third-order valence-corrected chi connectivity index (χ3v) is 4.61. The van der Waals surface area contributed by atoms with Crippen molar-refractivity contribution in [3.8, 4) is 0 Å². The number of hydrogen-bond acceptors (Lipinski definition) is 5. The first-order valence-electron chi connectivity index (χ1n) is 6.34. The fourth-order valence-corrected chi connectivity index (χ4v) is 3.32. The number of ether oxygens (including phenoxy) is 1. The van der Waals surface area contributed by atoms with Gasteiger partial charge < -0.3 is 24.7 Å². The second kappa shape index (κ2) is 3.61. The average molecular weight is 270 g/mol. The van der Waals surface area contributed by atoms with Gasteiger partial charge in [-0.2, -0.15) is 0 Å². The average Bonchev–Trinajstić information content (AvgIpc) is 2.72. The predicted octanol–water partition coefficient (Wildman–Crippen LogP) is 0.342. The molecule has 3 rings (SSSR count). The van der Waals surface area contributed by atoms with Gasteiger partial charge in [0.1, 0.15) is 5.71 Å². The fraction of sp³-hybridized carbons (Fsp3) is 0.833. The van der Waals surface area contributed by atoms with Crippen LogP contribution in [0.2, 0.25) is 0 Å². The number of aliphatic hydroxyl groups is 1. The molecule has 19 heavy (non-hydrogen) atoms. The number of nitrogens with zero attached hydrogens (tertiary/aromatic N) is 2. The van der Waals surface area contributed by atoms with Crippen molar-refractivity contribution in [1.29, 1.82) is 0 Å². The molecule has 0 bridgehead atoms. The molecule has 2 heterocycles. The van der Waals surface area contributed by atoms with E-state index in [2.05, 4.69) is 5.16 Å². The van der Waals surface area contributed by atoms with Gasteiger partial charge in [-0.25, -0.2) is 4.79 Å². The van der Waals surface area contributed by atoms with Crippen molar-refractivity contribution in [2.45, 2.75) is 25.2 Å². The number of fused-ring (bicyclic) bond motifs is 1. The number of carbonyl (C=O) groups is 1. The minimum atomic E-state index is -1.53.